The Kier molecular flexibility index (Phi) is 4.57. The molecule has 0 radical (unpaired) electrons. The summed E-state index contributed by atoms with van der Waals surface area (Å²) in [7, 11) is 0. The van der Waals surface area contributed by atoms with Crippen LogP contribution in [0.2, 0.25) is 0 Å². The molecule has 2 aliphatic heterocycles. The number of anilines is 1. The number of carbonyl (C=O) groups is 1. The van der Waals surface area contributed by atoms with Crippen molar-refractivity contribution < 1.29 is 4.79 Å². The minimum Gasteiger partial charge on any atom is -0.357 e. The number of nitrogens with zero attached hydrogens (tertiary/aromatic N) is 5. The second-order valence-corrected chi connectivity index (χ2v) is 7.02. The highest BCUT2D eigenvalue weighted by Gasteiger charge is 2.28. The molecule has 2 aliphatic rings. The van der Waals surface area contributed by atoms with Gasteiger partial charge >= 0.3 is 0 Å². The lowest BCUT2D eigenvalue weighted by Gasteiger charge is -2.33. The van der Waals surface area contributed by atoms with Crippen LogP contribution in [0.25, 0.3) is 0 Å². The maximum Gasteiger partial charge on any atom is 0.223 e. The normalized spacial score (nSPS) is 20.3. The maximum atomic E-state index is 12.6. The molecule has 7 nitrogen and oxygen atoms in total. The number of hydrogen-bond acceptors (Lipinski definition) is 5. The van der Waals surface area contributed by atoms with E-state index in [0.29, 0.717) is 5.56 Å². The van der Waals surface area contributed by atoms with Gasteiger partial charge in [-0.25, -0.2) is 4.98 Å². The number of rotatable bonds is 3. The van der Waals surface area contributed by atoms with Crippen LogP contribution in [0.5, 0.6) is 0 Å². The van der Waals surface area contributed by atoms with Crippen molar-refractivity contribution >= 4 is 11.7 Å². The predicted octanol–water partition coefficient (Wildman–Crippen LogP) is 1.50. The first-order valence-electron chi connectivity index (χ1n) is 9.15. The molecule has 0 bridgehead atoms. The van der Waals surface area contributed by atoms with Crippen LogP contribution < -0.4 is 10.2 Å². The molecule has 4 heterocycles. The smallest absolute Gasteiger partial charge is 0.223 e. The molecule has 1 saturated heterocycles. The van der Waals surface area contributed by atoms with E-state index in [1.165, 1.54) is 5.69 Å². The summed E-state index contributed by atoms with van der Waals surface area (Å²) in [5.41, 5.74) is 1.76. The van der Waals surface area contributed by atoms with Crippen molar-refractivity contribution in [2.24, 2.45) is 5.92 Å². The van der Waals surface area contributed by atoms with Gasteiger partial charge in [0, 0.05) is 56.1 Å². The molecule has 4 rings (SSSR count). The van der Waals surface area contributed by atoms with Gasteiger partial charge in [0.2, 0.25) is 5.91 Å². The zero-order valence-corrected chi connectivity index (χ0v) is 14.6. The molecule has 1 atom stereocenters. The predicted molar refractivity (Wildman–Crippen MR) is 96.4 cm³/mol. The number of amides is 1. The molecule has 1 unspecified atom stereocenters. The molecule has 0 aromatic carbocycles. The minimum atomic E-state index is 0.0662. The second kappa shape index (κ2) is 7.16. The Balaban J connectivity index is 1.29. The van der Waals surface area contributed by atoms with Crippen LogP contribution in [0.4, 0.5) is 5.82 Å². The zero-order valence-electron chi connectivity index (χ0n) is 14.6. The molecular weight excluding hydrogens is 328 g/mol. The Morgan fingerprint density at radius 1 is 1.19 bits per heavy atom. The zero-order chi connectivity index (χ0) is 17.9. The Bertz CT molecular complexity index is 813. The van der Waals surface area contributed by atoms with E-state index in [1.54, 1.807) is 12.3 Å². The van der Waals surface area contributed by atoms with E-state index in [2.05, 4.69) is 26.4 Å². The van der Waals surface area contributed by atoms with Gasteiger partial charge in [-0.2, -0.15) is 10.4 Å². The van der Waals surface area contributed by atoms with Gasteiger partial charge in [0.25, 0.3) is 0 Å². The number of nitriles is 1. The summed E-state index contributed by atoms with van der Waals surface area (Å²) >= 11 is 0. The molecule has 0 spiro atoms. The summed E-state index contributed by atoms with van der Waals surface area (Å²) in [5, 5.41) is 16.4. The van der Waals surface area contributed by atoms with Gasteiger partial charge in [0.05, 0.1) is 5.56 Å². The summed E-state index contributed by atoms with van der Waals surface area (Å²) in [6.45, 7) is 2.50. The number of fused-ring (bicyclic) bond motifs is 1. The largest absolute Gasteiger partial charge is 0.357 e. The molecule has 1 amide bonds. The number of nitrogens with one attached hydrogen (secondary N) is 1. The minimum absolute atomic E-state index is 0.0662. The summed E-state index contributed by atoms with van der Waals surface area (Å²) in [5.74, 6) is 1.12. The standard InChI is InChI=1S/C19H22N6O/c20-12-14-1-2-18(21-13-14)24-8-4-15(5-9-24)19(26)23-16-6-10-25-17(11-16)3-7-22-25/h1-3,7,13,15-16H,4-6,8-11H2,(H,23,26). The van der Waals surface area contributed by atoms with Crippen molar-refractivity contribution in [2.75, 3.05) is 18.0 Å². The van der Waals surface area contributed by atoms with Crippen molar-refractivity contribution in [1.82, 2.24) is 20.1 Å². The van der Waals surface area contributed by atoms with Gasteiger partial charge in [-0.3, -0.25) is 9.48 Å². The fourth-order valence-electron chi connectivity index (χ4n) is 3.82. The van der Waals surface area contributed by atoms with Crippen molar-refractivity contribution in [1.29, 1.82) is 5.26 Å². The number of hydrogen-bond donors (Lipinski definition) is 1. The van der Waals surface area contributed by atoms with Crippen LogP contribution in [-0.4, -0.2) is 39.8 Å². The monoisotopic (exact) mass is 350 g/mol. The Labute approximate surface area is 152 Å². The highest BCUT2D eigenvalue weighted by Crippen LogP contribution is 2.23. The van der Waals surface area contributed by atoms with Crippen LogP contribution in [0.15, 0.2) is 30.6 Å². The van der Waals surface area contributed by atoms with Crippen molar-refractivity contribution in [3.05, 3.63) is 41.9 Å². The van der Waals surface area contributed by atoms with Crippen molar-refractivity contribution in [3.8, 4) is 6.07 Å². The van der Waals surface area contributed by atoms with Gasteiger partial charge in [-0.15, -0.1) is 0 Å². The van der Waals surface area contributed by atoms with Crippen LogP contribution >= 0.6 is 0 Å². The first-order valence-corrected chi connectivity index (χ1v) is 9.15. The van der Waals surface area contributed by atoms with Gasteiger partial charge in [0.15, 0.2) is 0 Å². The first-order chi connectivity index (χ1) is 12.7. The first kappa shape index (κ1) is 16.6. The highest BCUT2D eigenvalue weighted by molar-refractivity contribution is 5.79. The molecule has 1 fully saturated rings. The summed E-state index contributed by atoms with van der Waals surface area (Å²) in [6, 6.07) is 7.99. The topological polar surface area (TPSA) is 86.8 Å². The summed E-state index contributed by atoms with van der Waals surface area (Å²) in [4.78, 5) is 19.2. The number of piperidine rings is 1. The van der Waals surface area contributed by atoms with Crippen LogP contribution in [0.1, 0.15) is 30.5 Å². The lowest BCUT2D eigenvalue weighted by atomic mass is 9.94. The molecule has 7 heteroatoms. The van der Waals surface area contributed by atoms with Gasteiger partial charge in [-0.1, -0.05) is 0 Å². The van der Waals surface area contributed by atoms with E-state index in [1.807, 2.05) is 23.0 Å². The van der Waals surface area contributed by atoms with Crippen LogP contribution in [0.3, 0.4) is 0 Å². The van der Waals surface area contributed by atoms with E-state index in [-0.39, 0.29) is 17.9 Å². The molecule has 1 N–H and O–H groups in total. The maximum absolute atomic E-state index is 12.6. The summed E-state index contributed by atoms with van der Waals surface area (Å²) < 4.78 is 2.02. The van der Waals surface area contributed by atoms with E-state index < -0.39 is 0 Å². The van der Waals surface area contributed by atoms with E-state index in [4.69, 9.17) is 5.26 Å². The molecule has 2 aromatic rings. The number of pyridine rings is 1. The van der Waals surface area contributed by atoms with Crippen molar-refractivity contribution in [2.45, 2.75) is 38.3 Å². The summed E-state index contributed by atoms with van der Waals surface area (Å²) in [6.07, 6.45) is 6.89. The molecule has 0 aliphatic carbocycles. The third-order valence-electron chi connectivity index (χ3n) is 5.36. The van der Waals surface area contributed by atoms with Crippen molar-refractivity contribution in [3.63, 3.8) is 0 Å². The highest BCUT2D eigenvalue weighted by atomic mass is 16.1. The average Bonchev–Trinajstić information content (AvgIpc) is 3.16. The molecule has 0 saturated carbocycles. The van der Waals surface area contributed by atoms with Crippen LogP contribution in [0, 0.1) is 17.2 Å². The molecular formula is C19H22N6O. The Hall–Kier alpha value is -2.88. The Morgan fingerprint density at radius 3 is 2.77 bits per heavy atom. The van der Waals surface area contributed by atoms with Gasteiger partial charge in [0.1, 0.15) is 11.9 Å². The van der Waals surface area contributed by atoms with E-state index in [0.717, 1.165) is 51.1 Å². The number of aromatic nitrogens is 3. The van der Waals surface area contributed by atoms with Gasteiger partial charge in [-0.05, 0) is 37.5 Å². The quantitative estimate of drug-likeness (QED) is 0.906. The van der Waals surface area contributed by atoms with E-state index in [9.17, 15) is 4.79 Å². The fourth-order valence-corrected chi connectivity index (χ4v) is 3.82. The molecule has 26 heavy (non-hydrogen) atoms. The average molecular weight is 350 g/mol. The molecule has 2 aromatic heterocycles. The third-order valence-corrected chi connectivity index (χ3v) is 5.36. The molecule has 134 valence electrons. The lowest BCUT2D eigenvalue weighted by Crippen LogP contribution is -2.46. The number of aryl methyl sites for hydroxylation is 1. The lowest BCUT2D eigenvalue weighted by molar-refractivity contribution is -0.126. The third kappa shape index (κ3) is 3.40. The SMILES string of the molecule is N#Cc1ccc(N2CCC(C(=O)NC3CCn4nccc4C3)CC2)nc1. The van der Waals surface area contributed by atoms with Gasteiger partial charge < -0.3 is 10.2 Å². The van der Waals surface area contributed by atoms with E-state index >= 15 is 0 Å². The van der Waals surface area contributed by atoms with Crippen LogP contribution in [-0.2, 0) is 17.8 Å². The number of carbonyl (C=O) groups excluding carboxylic acids is 1. The second-order valence-electron chi connectivity index (χ2n) is 7.02. The fraction of sp³-hybridized carbons (Fsp3) is 0.474. The Morgan fingerprint density at radius 2 is 2.04 bits per heavy atom.